The number of carbonyl (C=O) groups is 4. The van der Waals surface area contributed by atoms with E-state index in [1.165, 1.54) is 24.1 Å². The van der Waals surface area contributed by atoms with Crippen molar-refractivity contribution in [3.63, 3.8) is 0 Å². The molecule has 0 spiro atoms. The van der Waals surface area contributed by atoms with E-state index in [0.29, 0.717) is 17.3 Å². The van der Waals surface area contributed by atoms with E-state index in [9.17, 15) is 27.6 Å². The van der Waals surface area contributed by atoms with Gasteiger partial charge in [-0.15, -0.1) is 13.2 Å². The van der Waals surface area contributed by atoms with Gasteiger partial charge < -0.3 is 25.0 Å². The van der Waals surface area contributed by atoms with Gasteiger partial charge in [0.05, 0.1) is 23.5 Å². The molecule has 3 fully saturated rings. The lowest BCUT2D eigenvalue weighted by Gasteiger charge is -2.29. The number of unbranched alkanes of at least 4 members (excludes halogenated alkanes) is 3. The first-order valence-electron chi connectivity index (χ1n) is 16.5. The molecule has 2 aliphatic carbocycles. The summed E-state index contributed by atoms with van der Waals surface area (Å²) in [4.78, 5) is 54.7. The molecule has 3 amide bonds. The topological polar surface area (TPSA) is 157 Å². The van der Waals surface area contributed by atoms with Gasteiger partial charge in [-0.1, -0.05) is 40.9 Å². The van der Waals surface area contributed by atoms with Crippen LogP contribution in [0.25, 0.3) is 0 Å². The Bertz CT molecular complexity index is 1450. The Morgan fingerprint density at radius 1 is 1.08 bits per heavy atom. The Kier molecular flexibility index (Phi) is 13.3. The Hall–Kier alpha value is -3.23. The molecule has 0 radical (unpaired) electrons. The van der Waals surface area contributed by atoms with Crippen molar-refractivity contribution in [3.05, 3.63) is 54.0 Å². The summed E-state index contributed by atoms with van der Waals surface area (Å²) in [5.74, 6) is -1.78. The van der Waals surface area contributed by atoms with E-state index in [1.54, 1.807) is 18.2 Å². The minimum Gasteiger partial charge on any atom is -0.469 e. The molecule has 14 heteroatoms. The maximum atomic E-state index is 14.2. The Balaban J connectivity index is 1.54. The van der Waals surface area contributed by atoms with E-state index < -0.39 is 57.6 Å². The van der Waals surface area contributed by atoms with Crippen LogP contribution >= 0.6 is 15.9 Å². The summed E-state index contributed by atoms with van der Waals surface area (Å²) in [6, 6.07) is 3.77. The van der Waals surface area contributed by atoms with Gasteiger partial charge >= 0.3 is 12.1 Å². The maximum Gasteiger partial charge on any atom is 0.408 e. The molecule has 5 atom stereocenters. The van der Waals surface area contributed by atoms with Gasteiger partial charge in [0.1, 0.15) is 18.2 Å². The molecule has 264 valence electrons. The van der Waals surface area contributed by atoms with E-state index in [0.717, 1.165) is 44.9 Å². The number of likely N-dealkylation sites (tertiary alicyclic amines) is 1. The molecule has 1 aromatic carbocycles. The molecule has 0 unspecified atom stereocenters. The molecular formula is C34H46BrN3O9S. The van der Waals surface area contributed by atoms with Gasteiger partial charge in [-0.25, -0.2) is 4.79 Å². The number of alkyl carbamates (subject to hydrolysis) is 1. The number of ether oxygens (including phenoxy) is 2. The van der Waals surface area contributed by atoms with Gasteiger partial charge in [0, 0.05) is 24.0 Å². The second kappa shape index (κ2) is 16.9. The lowest BCUT2D eigenvalue weighted by molar-refractivity contribution is -0.148. The number of esters is 1. The second-order valence-corrected chi connectivity index (χ2v) is 15.2. The third-order valence-electron chi connectivity index (χ3n) is 9.37. The number of benzene rings is 1. The van der Waals surface area contributed by atoms with Crippen LogP contribution in [0.3, 0.4) is 0 Å². The lowest BCUT2D eigenvalue weighted by atomic mass is 10.0. The molecule has 1 aliphatic heterocycles. The first kappa shape index (κ1) is 37.6. The fourth-order valence-corrected chi connectivity index (χ4v) is 7.86. The second-order valence-electron chi connectivity index (χ2n) is 12.7. The van der Waals surface area contributed by atoms with E-state index in [4.69, 9.17) is 13.7 Å². The van der Waals surface area contributed by atoms with Crippen LogP contribution < -0.4 is 10.6 Å². The van der Waals surface area contributed by atoms with Crippen molar-refractivity contribution in [2.75, 3.05) is 20.2 Å². The third-order valence-corrected chi connectivity index (χ3v) is 11.3. The molecule has 1 heterocycles. The van der Waals surface area contributed by atoms with Gasteiger partial charge in [-0.2, -0.15) is 8.42 Å². The predicted octanol–water partition coefficient (Wildman–Crippen LogP) is 4.78. The highest BCUT2D eigenvalue weighted by molar-refractivity contribution is 9.10. The minimum absolute atomic E-state index is 0.0465. The molecule has 4 rings (SSSR count). The maximum absolute atomic E-state index is 14.2. The number of hydrogen-bond acceptors (Lipinski definition) is 9. The highest BCUT2D eigenvalue weighted by Crippen LogP contribution is 2.53. The SMILES string of the molecule is C=CCCCCC[C@H](NC(=O)OC1CCCC1)C(=O)N1C[C@@H](OS(=O)(=O)c2ccc(Br)cc2)C[C@H]1C(=O)NC[C@]1(C(=O)OC)C[C@H]1C=C. The van der Waals surface area contributed by atoms with Crippen molar-refractivity contribution in [3.8, 4) is 0 Å². The quantitative estimate of drug-likeness (QED) is 0.0990. The zero-order chi connectivity index (χ0) is 34.9. The fourth-order valence-electron chi connectivity index (χ4n) is 6.52. The van der Waals surface area contributed by atoms with Gasteiger partial charge in [-0.3, -0.25) is 18.6 Å². The first-order valence-corrected chi connectivity index (χ1v) is 18.7. The Labute approximate surface area is 291 Å². The molecule has 0 aromatic heterocycles. The smallest absolute Gasteiger partial charge is 0.408 e. The lowest BCUT2D eigenvalue weighted by Crippen LogP contribution is -2.54. The highest BCUT2D eigenvalue weighted by Gasteiger charge is 2.60. The number of amides is 3. The van der Waals surface area contributed by atoms with Crippen LogP contribution in [0.2, 0.25) is 0 Å². The van der Waals surface area contributed by atoms with Crippen LogP contribution in [-0.4, -0.2) is 81.7 Å². The number of rotatable bonds is 17. The number of nitrogens with one attached hydrogen (secondary N) is 2. The fraction of sp³-hybridized carbons (Fsp3) is 0.588. The molecule has 1 aromatic rings. The zero-order valence-corrected chi connectivity index (χ0v) is 29.8. The summed E-state index contributed by atoms with van der Waals surface area (Å²) in [6.07, 6.45) is 8.62. The van der Waals surface area contributed by atoms with Crippen LogP contribution in [0.4, 0.5) is 4.79 Å². The van der Waals surface area contributed by atoms with Gasteiger partial charge in [0.2, 0.25) is 11.8 Å². The number of carbonyl (C=O) groups excluding carboxylic acids is 4. The van der Waals surface area contributed by atoms with Gasteiger partial charge in [0.25, 0.3) is 10.1 Å². The molecule has 2 saturated carbocycles. The van der Waals surface area contributed by atoms with Crippen molar-refractivity contribution in [1.82, 2.24) is 15.5 Å². The van der Waals surface area contributed by atoms with Crippen molar-refractivity contribution in [2.24, 2.45) is 11.3 Å². The molecule has 0 bridgehead atoms. The molecule has 2 N–H and O–H groups in total. The van der Waals surface area contributed by atoms with Crippen molar-refractivity contribution in [2.45, 2.75) is 99.8 Å². The van der Waals surface area contributed by atoms with E-state index in [-0.39, 0.29) is 42.8 Å². The predicted molar refractivity (Wildman–Crippen MR) is 181 cm³/mol. The van der Waals surface area contributed by atoms with E-state index in [1.807, 2.05) is 6.08 Å². The summed E-state index contributed by atoms with van der Waals surface area (Å²) in [6.45, 7) is 7.25. The van der Waals surface area contributed by atoms with Crippen molar-refractivity contribution < 1.29 is 41.3 Å². The number of allylic oxidation sites excluding steroid dienone is 2. The van der Waals surface area contributed by atoms with Crippen molar-refractivity contribution >= 4 is 49.9 Å². The van der Waals surface area contributed by atoms with Gasteiger partial charge in [0.15, 0.2) is 0 Å². The first-order chi connectivity index (χ1) is 22.9. The van der Waals surface area contributed by atoms with Gasteiger partial charge in [-0.05, 0) is 81.5 Å². The molecule has 48 heavy (non-hydrogen) atoms. The van der Waals surface area contributed by atoms with Crippen LogP contribution in [0.15, 0.2) is 58.9 Å². The third kappa shape index (κ3) is 9.47. The Morgan fingerprint density at radius 3 is 2.42 bits per heavy atom. The highest BCUT2D eigenvalue weighted by atomic mass is 79.9. The molecule has 1 saturated heterocycles. The summed E-state index contributed by atoms with van der Waals surface area (Å²) in [5.41, 5.74) is -0.958. The molecular weight excluding hydrogens is 706 g/mol. The van der Waals surface area contributed by atoms with Crippen LogP contribution in [0.1, 0.15) is 70.6 Å². The Morgan fingerprint density at radius 2 is 1.79 bits per heavy atom. The minimum atomic E-state index is -4.25. The van der Waals surface area contributed by atoms with Crippen molar-refractivity contribution in [1.29, 1.82) is 0 Å². The number of methoxy groups -OCH3 is 1. The average Bonchev–Trinajstić information content (AvgIpc) is 3.31. The monoisotopic (exact) mass is 751 g/mol. The van der Waals surface area contributed by atoms with E-state index in [2.05, 4.69) is 39.7 Å². The summed E-state index contributed by atoms with van der Waals surface area (Å²) in [7, 11) is -2.97. The van der Waals surface area contributed by atoms with E-state index >= 15 is 0 Å². The van der Waals surface area contributed by atoms with Crippen LogP contribution in [0, 0.1) is 11.3 Å². The summed E-state index contributed by atoms with van der Waals surface area (Å²) < 4.78 is 43.2. The number of hydrogen-bond donors (Lipinski definition) is 2. The number of halogens is 1. The zero-order valence-electron chi connectivity index (χ0n) is 27.4. The number of nitrogens with zero attached hydrogens (tertiary/aromatic N) is 1. The largest absolute Gasteiger partial charge is 0.469 e. The van der Waals surface area contributed by atoms with Crippen LogP contribution in [0.5, 0.6) is 0 Å². The standard InChI is InChI=1S/C34H46BrN3O9S/c1-4-6-7-8-9-14-28(37-33(42)46-25-12-10-11-13-25)31(40)38-21-26(47-48(43,44)27-17-15-24(35)16-18-27)19-29(38)30(39)36-22-34(32(41)45-3)20-23(34)5-2/h4-5,15-18,23,25-26,28-29H,1-2,6-14,19-22H2,3H3,(H,36,39)(H,37,42)/t23-,26+,28+,29+,34-/m1/s1. The normalized spacial score (nSPS) is 24.4. The summed E-state index contributed by atoms with van der Waals surface area (Å²) >= 11 is 3.29. The molecule has 12 nitrogen and oxygen atoms in total. The molecule has 3 aliphatic rings. The van der Waals surface area contributed by atoms with Crippen LogP contribution in [-0.2, 0) is 38.2 Å². The average molecular weight is 753 g/mol. The summed E-state index contributed by atoms with van der Waals surface area (Å²) in [5, 5.41) is 5.52.